The third-order valence-electron chi connectivity index (χ3n) is 2.32. The first kappa shape index (κ1) is 14.9. The van der Waals surface area contributed by atoms with Crippen molar-refractivity contribution in [2.24, 2.45) is 5.14 Å². The largest absolute Gasteiger partial charge is 0.291 e. The Morgan fingerprint density at radius 3 is 1.57 bits per heavy atom. The van der Waals surface area contributed by atoms with E-state index >= 15 is 0 Å². The second-order valence-electron chi connectivity index (χ2n) is 3.78. The van der Waals surface area contributed by atoms with Crippen LogP contribution in [-0.4, -0.2) is 14.2 Å². The molecule has 0 aliphatic rings. The molecule has 86 valence electrons. The van der Waals surface area contributed by atoms with E-state index in [1.165, 1.54) is 0 Å². The standard InChI is InChI=1S/C9H18Cl3NS/c1-6(2)14(13,7(3)4)9(11,12)8(5)10/h6-7H,5,13H2,1-4H3. The van der Waals surface area contributed by atoms with E-state index in [4.69, 9.17) is 39.9 Å². The van der Waals surface area contributed by atoms with Crippen molar-refractivity contribution in [3.8, 4) is 0 Å². The fourth-order valence-electron chi connectivity index (χ4n) is 1.33. The summed E-state index contributed by atoms with van der Waals surface area (Å²) in [5.74, 6) is 0. The second-order valence-corrected chi connectivity index (χ2v) is 10.0. The highest BCUT2D eigenvalue weighted by molar-refractivity contribution is 8.35. The van der Waals surface area contributed by atoms with Gasteiger partial charge in [0, 0.05) is 0 Å². The van der Waals surface area contributed by atoms with Crippen LogP contribution in [0.25, 0.3) is 0 Å². The Hall–Kier alpha value is 0.920. The summed E-state index contributed by atoms with van der Waals surface area (Å²) < 4.78 is -1.23. The molecular weight excluding hydrogens is 261 g/mol. The van der Waals surface area contributed by atoms with Gasteiger partial charge in [-0.3, -0.25) is 5.14 Å². The van der Waals surface area contributed by atoms with E-state index in [0.717, 1.165) is 0 Å². The van der Waals surface area contributed by atoms with E-state index in [9.17, 15) is 0 Å². The van der Waals surface area contributed by atoms with Crippen LogP contribution in [0, 0.1) is 0 Å². The fraction of sp³-hybridized carbons (Fsp3) is 0.778. The SMILES string of the molecule is C=C(Cl)C(Cl)(Cl)S(N)(C(C)C)C(C)C. The molecule has 0 bridgehead atoms. The van der Waals surface area contributed by atoms with Gasteiger partial charge in [0.2, 0.25) is 0 Å². The molecule has 0 rings (SSSR count). The van der Waals surface area contributed by atoms with E-state index in [0.29, 0.717) is 0 Å². The summed E-state index contributed by atoms with van der Waals surface area (Å²) in [7, 11) is -1.75. The van der Waals surface area contributed by atoms with E-state index in [1.807, 2.05) is 27.7 Å². The summed E-state index contributed by atoms with van der Waals surface area (Å²) >= 11 is 18.3. The normalized spacial score (nSPS) is 15.0. The molecule has 0 aromatic carbocycles. The van der Waals surface area contributed by atoms with Gasteiger partial charge in [0.25, 0.3) is 0 Å². The van der Waals surface area contributed by atoms with Gasteiger partial charge in [-0.05, 0) is 10.5 Å². The fourth-order valence-corrected chi connectivity index (χ4v) is 6.52. The van der Waals surface area contributed by atoms with Crippen LogP contribution in [-0.2, 0) is 0 Å². The maximum atomic E-state index is 6.34. The molecule has 0 saturated carbocycles. The lowest BCUT2D eigenvalue weighted by molar-refractivity contribution is 0.986. The van der Waals surface area contributed by atoms with Crippen molar-refractivity contribution in [2.75, 3.05) is 0 Å². The number of hydrogen-bond acceptors (Lipinski definition) is 1. The van der Waals surface area contributed by atoms with Crippen molar-refractivity contribution in [2.45, 2.75) is 41.9 Å². The van der Waals surface area contributed by atoms with E-state index in [1.54, 1.807) is 0 Å². The van der Waals surface area contributed by atoms with Crippen molar-refractivity contribution in [3.05, 3.63) is 11.6 Å². The quantitative estimate of drug-likeness (QED) is 0.760. The van der Waals surface area contributed by atoms with Crippen LogP contribution in [0.2, 0.25) is 0 Å². The molecule has 5 heteroatoms. The summed E-state index contributed by atoms with van der Waals surface area (Å²) in [6, 6.07) is 0. The van der Waals surface area contributed by atoms with Gasteiger partial charge < -0.3 is 0 Å². The maximum absolute atomic E-state index is 6.34. The average Bonchev–Trinajstić information content (AvgIpc) is 2.01. The number of rotatable bonds is 4. The molecule has 0 heterocycles. The molecule has 0 spiro atoms. The molecule has 2 N–H and O–H groups in total. The summed E-state index contributed by atoms with van der Waals surface area (Å²) in [6.45, 7) is 11.6. The number of alkyl halides is 2. The smallest absolute Gasteiger partial charge is 0.194 e. The van der Waals surface area contributed by atoms with Gasteiger partial charge in [0.15, 0.2) is 3.67 Å². The van der Waals surface area contributed by atoms with Gasteiger partial charge >= 0.3 is 0 Å². The summed E-state index contributed by atoms with van der Waals surface area (Å²) in [6.07, 6.45) is 0. The molecule has 0 fully saturated rings. The first-order valence-corrected chi connectivity index (χ1v) is 7.35. The lowest BCUT2D eigenvalue weighted by atomic mass is 10.5. The average molecular weight is 279 g/mol. The van der Waals surface area contributed by atoms with E-state index in [2.05, 4.69) is 6.58 Å². The number of hydrogen-bond donors (Lipinski definition) is 1. The third kappa shape index (κ3) is 2.35. The molecule has 0 saturated heterocycles. The first-order chi connectivity index (χ1) is 6.08. The molecule has 0 unspecified atom stereocenters. The van der Waals surface area contributed by atoms with Crippen molar-refractivity contribution < 1.29 is 0 Å². The Labute approximate surface area is 103 Å². The van der Waals surface area contributed by atoms with E-state index < -0.39 is 13.9 Å². The molecule has 0 radical (unpaired) electrons. The lowest BCUT2D eigenvalue weighted by Gasteiger charge is -2.51. The van der Waals surface area contributed by atoms with Crippen LogP contribution in [0.1, 0.15) is 27.7 Å². The van der Waals surface area contributed by atoms with Crippen LogP contribution in [0.3, 0.4) is 0 Å². The minimum Gasteiger partial charge on any atom is -0.291 e. The molecule has 14 heavy (non-hydrogen) atoms. The van der Waals surface area contributed by atoms with Crippen LogP contribution in [0.15, 0.2) is 11.6 Å². The topological polar surface area (TPSA) is 26.0 Å². The van der Waals surface area contributed by atoms with Crippen molar-refractivity contribution in [3.63, 3.8) is 0 Å². The first-order valence-electron chi connectivity index (χ1n) is 4.39. The zero-order valence-corrected chi connectivity index (χ0v) is 12.1. The lowest BCUT2D eigenvalue weighted by Crippen LogP contribution is -2.41. The molecule has 0 amide bonds. The second kappa shape index (κ2) is 4.84. The number of nitrogens with two attached hydrogens (primary N) is 1. The molecule has 1 nitrogen and oxygen atoms in total. The Balaban J connectivity index is 5.32. The van der Waals surface area contributed by atoms with Crippen LogP contribution in [0.4, 0.5) is 0 Å². The van der Waals surface area contributed by atoms with Gasteiger partial charge in [-0.2, -0.15) is 0 Å². The molecular formula is C9H18Cl3NS. The summed E-state index contributed by atoms with van der Waals surface area (Å²) in [5, 5.41) is 6.92. The molecule has 0 atom stereocenters. The van der Waals surface area contributed by atoms with Gasteiger partial charge in [-0.15, -0.1) is 10.2 Å². The van der Waals surface area contributed by atoms with Crippen LogP contribution < -0.4 is 5.14 Å². The highest BCUT2D eigenvalue weighted by Crippen LogP contribution is 2.67. The number of halogens is 3. The predicted octanol–water partition coefficient (Wildman–Crippen LogP) is 4.37. The Morgan fingerprint density at radius 1 is 1.21 bits per heavy atom. The van der Waals surface area contributed by atoms with Crippen molar-refractivity contribution in [1.29, 1.82) is 0 Å². The molecule has 0 aliphatic heterocycles. The van der Waals surface area contributed by atoms with Crippen molar-refractivity contribution in [1.82, 2.24) is 0 Å². The van der Waals surface area contributed by atoms with Crippen molar-refractivity contribution >= 4 is 45.0 Å². The Bertz CT molecular complexity index is 218. The molecule has 0 aliphatic carbocycles. The Morgan fingerprint density at radius 2 is 1.50 bits per heavy atom. The van der Waals surface area contributed by atoms with Gasteiger partial charge in [0.05, 0.1) is 5.03 Å². The monoisotopic (exact) mass is 277 g/mol. The van der Waals surface area contributed by atoms with Crippen LogP contribution in [0.5, 0.6) is 0 Å². The molecule has 0 aromatic heterocycles. The van der Waals surface area contributed by atoms with E-state index in [-0.39, 0.29) is 15.5 Å². The summed E-state index contributed by atoms with van der Waals surface area (Å²) in [4.78, 5) is 0. The highest BCUT2D eigenvalue weighted by atomic mass is 35.5. The minimum absolute atomic E-state index is 0.188. The zero-order chi connectivity index (χ0) is 11.7. The predicted molar refractivity (Wildman–Crippen MR) is 71.5 cm³/mol. The summed E-state index contributed by atoms with van der Waals surface area (Å²) in [5.41, 5.74) is 0. The Kier molecular flexibility index (Phi) is 5.15. The third-order valence-corrected chi connectivity index (χ3v) is 9.22. The highest BCUT2D eigenvalue weighted by Gasteiger charge is 2.47. The van der Waals surface area contributed by atoms with Gasteiger partial charge in [-0.25, -0.2) is 0 Å². The minimum atomic E-state index is -1.75. The van der Waals surface area contributed by atoms with Crippen LogP contribution >= 0.6 is 45.0 Å². The zero-order valence-electron chi connectivity index (χ0n) is 8.98. The van der Waals surface area contributed by atoms with Gasteiger partial charge in [0.1, 0.15) is 0 Å². The molecule has 0 aromatic rings. The maximum Gasteiger partial charge on any atom is 0.194 e. The van der Waals surface area contributed by atoms with Gasteiger partial charge in [-0.1, -0.05) is 69.1 Å².